The first-order valence-corrected chi connectivity index (χ1v) is 12.8. The summed E-state index contributed by atoms with van der Waals surface area (Å²) in [6.07, 6.45) is 5.78. The summed E-state index contributed by atoms with van der Waals surface area (Å²) in [5, 5.41) is 13.8. The van der Waals surface area contributed by atoms with Gasteiger partial charge in [0.15, 0.2) is 0 Å². The minimum absolute atomic E-state index is 0.0920. The van der Waals surface area contributed by atoms with Crippen molar-refractivity contribution in [1.29, 1.82) is 0 Å². The Morgan fingerprint density at radius 3 is 2.24 bits per heavy atom. The molecule has 0 spiro atoms. The first-order valence-electron chi connectivity index (χ1n) is 11.3. The Kier molecular flexibility index (Phi) is 6.94. The number of nitrogens with one attached hydrogen (secondary N) is 1. The van der Waals surface area contributed by atoms with E-state index in [1.165, 1.54) is 28.6 Å². The molecule has 2 aliphatic rings. The molecule has 2 aliphatic heterocycles. The second-order valence-electron chi connectivity index (χ2n) is 8.45. The summed E-state index contributed by atoms with van der Waals surface area (Å²) in [5.74, 6) is -0.494. The normalized spacial score (nSPS) is 17.5. The number of hydrogen-bond acceptors (Lipinski definition) is 6. The predicted octanol–water partition coefficient (Wildman–Crippen LogP) is 4.01. The third kappa shape index (κ3) is 5.17. The molecule has 2 saturated heterocycles. The van der Waals surface area contributed by atoms with Crippen molar-refractivity contribution in [1.82, 2.24) is 4.31 Å². The summed E-state index contributed by atoms with van der Waals surface area (Å²) < 4.78 is 27.9. The first kappa shape index (κ1) is 23.2. The quantitative estimate of drug-likeness (QED) is 0.502. The second kappa shape index (κ2) is 9.88. The number of anilines is 2. The minimum atomic E-state index is -3.71. The fraction of sp³-hybridized carbons (Fsp3) is 0.435. The average Bonchev–Trinajstić information content (AvgIpc) is 2.85. The van der Waals surface area contributed by atoms with Gasteiger partial charge in [0, 0.05) is 49.7 Å². The van der Waals surface area contributed by atoms with E-state index in [4.69, 9.17) is 0 Å². The van der Waals surface area contributed by atoms with E-state index < -0.39 is 20.9 Å². The lowest BCUT2D eigenvalue weighted by atomic mass is 10.1. The largest absolute Gasteiger partial charge is 0.371 e. The molecule has 0 aliphatic carbocycles. The number of hydrogen-bond donors (Lipinski definition) is 1. The maximum absolute atomic E-state index is 13.3. The third-order valence-corrected chi connectivity index (χ3v) is 8.07. The van der Waals surface area contributed by atoms with Crippen LogP contribution in [0.1, 0.15) is 48.9 Å². The molecule has 33 heavy (non-hydrogen) atoms. The molecule has 0 aromatic heterocycles. The summed E-state index contributed by atoms with van der Waals surface area (Å²) in [7, 11) is -3.71. The Labute approximate surface area is 193 Å². The highest BCUT2D eigenvalue weighted by Gasteiger charge is 2.28. The summed E-state index contributed by atoms with van der Waals surface area (Å²) in [6, 6.07) is 10.4. The van der Waals surface area contributed by atoms with Crippen LogP contribution in [0.2, 0.25) is 0 Å². The summed E-state index contributed by atoms with van der Waals surface area (Å²) in [4.78, 5) is 26.1. The molecule has 2 aromatic rings. The summed E-state index contributed by atoms with van der Waals surface area (Å²) >= 11 is 0. The molecule has 10 heteroatoms. The molecule has 176 valence electrons. The number of rotatable bonds is 6. The van der Waals surface area contributed by atoms with Crippen molar-refractivity contribution in [2.24, 2.45) is 0 Å². The van der Waals surface area contributed by atoms with E-state index in [9.17, 15) is 23.3 Å². The highest BCUT2D eigenvalue weighted by Crippen LogP contribution is 2.30. The Morgan fingerprint density at radius 1 is 0.909 bits per heavy atom. The van der Waals surface area contributed by atoms with Gasteiger partial charge in [0.05, 0.1) is 15.4 Å². The van der Waals surface area contributed by atoms with Gasteiger partial charge in [-0.25, -0.2) is 8.42 Å². The van der Waals surface area contributed by atoms with Crippen molar-refractivity contribution in [3.8, 4) is 0 Å². The van der Waals surface area contributed by atoms with Gasteiger partial charge in [-0.2, -0.15) is 4.31 Å². The van der Waals surface area contributed by atoms with Crippen LogP contribution in [0, 0.1) is 10.1 Å². The van der Waals surface area contributed by atoms with E-state index in [-0.39, 0.29) is 21.8 Å². The first-order chi connectivity index (χ1) is 15.9. The zero-order chi connectivity index (χ0) is 23.4. The standard InChI is InChI=1S/C23H28N4O5S/c28-23(24-18-8-7-9-19(16-18)27(29)30)21-17-20(33(31,32)26-14-5-2-6-15-26)10-11-22(21)25-12-3-1-4-13-25/h7-11,16-17H,1-6,12-15H2,(H,24,28). The Hall–Kier alpha value is -2.98. The average molecular weight is 473 g/mol. The number of carbonyl (C=O) groups is 1. The Bertz CT molecular complexity index is 1140. The maximum Gasteiger partial charge on any atom is 0.271 e. The zero-order valence-electron chi connectivity index (χ0n) is 18.4. The number of amides is 1. The molecule has 1 N–H and O–H groups in total. The molecule has 2 fully saturated rings. The van der Waals surface area contributed by atoms with Crippen molar-refractivity contribution >= 4 is 33.0 Å². The van der Waals surface area contributed by atoms with Crippen LogP contribution in [-0.2, 0) is 10.0 Å². The third-order valence-electron chi connectivity index (χ3n) is 6.18. The van der Waals surface area contributed by atoms with E-state index in [2.05, 4.69) is 10.2 Å². The van der Waals surface area contributed by atoms with Gasteiger partial charge >= 0.3 is 0 Å². The number of benzene rings is 2. The molecular weight excluding hydrogens is 444 g/mol. The minimum Gasteiger partial charge on any atom is -0.371 e. The van der Waals surface area contributed by atoms with Crippen LogP contribution in [-0.4, -0.2) is 49.7 Å². The van der Waals surface area contributed by atoms with Crippen LogP contribution in [0.4, 0.5) is 17.1 Å². The number of nitro groups is 1. The van der Waals surface area contributed by atoms with Gasteiger partial charge in [-0.15, -0.1) is 0 Å². The van der Waals surface area contributed by atoms with Gasteiger partial charge in [-0.05, 0) is 56.4 Å². The Morgan fingerprint density at radius 2 is 1.58 bits per heavy atom. The van der Waals surface area contributed by atoms with Gasteiger partial charge in [-0.3, -0.25) is 14.9 Å². The van der Waals surface area contributed by atoms with Crippen molar-refractivity contribution in [3.63, 3.8) is 0 Å². The molecule has 2 heterocycles. The van der Waals surface area contributed by atoms with Crippen LogP contribution in [0.25, 0.3) is 0 Å². The van der Waals surface area contributed by atoms with E-state index in [1.54, 1.807) is 18.2 Å². The molecule has 2 aromatic carbocycles. The van der Waals surface area contributed by atoms with Crippen LogP contribution >= 0.6 is 0 Å². The fourth-order valence-corrected chi connectivity index (χ4v) is 5.96. The van der Waals surface area contributed by atoms with Crippen LogP contribution in [0.15, 0.2) is 47.4 Å². The summed E-state index contributed by atoms with van der Waals surface area (Å²) in [6.45, 7) is 2.53. The number of nitro benzene ring substituents is 1. The SMILES string of the molecule is O=C(Nc1cccc([N+](=O)[O-])c1)c1cc(S(=O)(=O)N2CCCCC2)ccc1N1CCCCC1. The Balaban J connectivity index is 1.69. The lowest BCUT2D eigenvalue weighted by Gasteiger charge is -2.31. The molecule has 0 atom stereocenters. The molecule has 0 saturated carbocycles. The van der Waals surface area contributed by atoms with Crippen molar-refractivity contribution < 1.29 is 18.1 Å². The highest BCUT2D eigenvalue weighted by molar-refractivity contribution is 7.89. The molecule has 0 radical (unpaired) electrons. The van der Waals surface area contributed by atoms with Gasteiger partial charge in [0.1, 0.15) is 0 Å². The molecule has 0 bridgehead atoms. The van der Waals surface area contributed by atoms with Crippen LogP contribution in [0.5, 0.6) is 0 Å². The highest BCUT2D eigenvalue weighted by atomic mass is 32.2. The van der Waals surface area contributed by atoms with Gasteiger partial charge < -0.3 is 10.2 Å². The zero-order valence-corrected chi connectivity index (χ0v) is 19.2. The monoisotopic (exact) mass is 472 g/mol. The molecule has 9 nitrogen and oxygen atoms in total. The second-order valence-corrected chi connectivity index (χ2v) is 10.4. The maximum atomic E-state index is 13.3. The summed E-state index contributed by atoms with van der Waals surface area (Å²) in [5.41, 5.74) is 1.07. The van der Waals surface area contributed by atoms with E-state index in [0.717, 1.165) is 51.6 Å². The van der Waals surface area contributed by atoms with Gasteiger partial charge in [0.25, 0.3) is 11.6 Å². The number of sulfonamides is 1. The smallest absolute Gasteiger partial charge is 0.271 e. The fourth-order valence-electron chi connectivity index (χ4n) is 4.42. The van der Waals surface area contributed by atoms with Crippen molar-refractivity contribution in [2.75, 3.05) is 36.4 Å². The van der Waals surface area contributed by atoms with Crippen molar-refractivity contribution in [2.45, 2.75) is 43.4 Å². The number of nitrogens with zero attached hydrogens (tertiary/aromatic N) is 3. The van der Waals surface area contributed by atoms with Crippen molar-refractivity contribution in [3.05, 3.63) is 58.1 Å². The lowest BCUT2D eigenvalue weighted by Crippen LogP contribution is -2.36. The van der Waals surface area contributed by atoms with E-state index in [1.807, 2.05) is 0 Å². The molecule has 0 unspecified atom stereocenters. The number of piperidine rings is 2. The van der Waals surface area contributed by atoms with Gasteiger partial charge in [-0.1, -0.05) is 12.5 Å². The van der Waals surface area contributed by atoms with Crippen LogP contribution in [0.3, 0.4) is 0 Å². The molecule has 4 rings (SSSR count). The topological polar surface area (TPSA) is 113 Å². The van der Waals surface area contributed by atoms with Gasteiger partial charge in [0.2, 0.25) is 10.0 Å². The predicted molar refractivity (Wildman–Crippen MR) is 126 cm³/mol. The number of non-ortho nitro benzene ring substituents is 1. The molecule has 1 amide bonds. The lowest BCUT2D eigenvalue weighted by molar-refractivity contribution is -0.384. The van der Waals surface area contributed by atoms with E-state index >= 15 is 0 Å². The molecular formula is C23H28N4O5S. The van der Waals surface area contributed by atoms with E-state index in [0.29, 0.717) is 18.8 Å². The van der Waals surface area contributed by atoms with Crippen LogP contribution < -0.4 is 10.2 Å². The number of carbonyl (C=O) groups excluding carboxylic acids is 1.